The van der Waals surface area contributed by atoms with Crippen molar-refractivity contribution in [2.45, 2.75) is 105 Å². The number of benzene rings is 1. The lowest BCUT2D eigenvalue weighted by atomic mass is 9.90. The number of carbonyl (C=O) groups is 1. The highest BCUT2D eigenvalue weighted by Gasteiger charge is 2.17. The predicted molar refractivity (Wildman–Crippen MR) is 114 cm³/mol. The van der Waals surface area contributed by atoms with Crippen molar-refractivity contribution in [3.63, 3.8) is 0 Å². The van der Waals surface area contributed by atoms with E-state index < -0.39 is 6.16 Å². The number of hydrogen-bond donors (Lipinski definition) is 0. The molecule has 0 saturated heterocycles. The van der Waals surface area contributed by atoms with E-state index in [2.05, 4.69) is 33.8 Å². The van der Waals surface area contributed by atoms with E-state index in [0.717, 1.165) is 51.4 Å². The highest BCUT2D eigenvalue weighted by Crippen LogP contribution is 2.30. The molecule has 0 unspecified atom stereocenters. The third kappa shape index (κ3) is 8.81. The summed E-state index contributed by atoms with van der Waals surface area (Å²) < 4.78 is 10.9. The van der Waals surface area contributed by atoms with Crippen molar-refractivity contribution >= 4 is 6.16 Å². The largest absolute Gasteiger partial charge is 0.513 e. The molecular formula is C24H40O3. The molecule has 0 heterocycles. The zero-order valence-corrected chi connectivity index (χ0v) is 18.1. The van der Waals surface area contributed by atoms with Crippen LogP contribution in [0.5, 0.6) is 5.75 Å². The molecule has 0 aliphatic heterocycles. The van der Waals surface area contributed by atoms with E-state index in [0.29, 0.717) is 12.4 Å². The summed E-state index contributed by atoms with van der Waals surface area (Å²) in [7, 11) is 0. The van der Waals surface area contributed by atoms with Crippen LogP contribution in [0, 0.1) is 0 Å². The van der Waals surface area contributed by atoms with Crippen LogP contribution in [0.2, 0.25) is 0 Å². The first-order valence-electron chi connectivity index (χ1n) is 11.2. The summed E-state index contributed by atoms with van der Waals surface area (Å²) in [4.78, 5) is 12.1. The van der Waals surface area contributed by atoms with Crippen LogP contribution in [0.3, 0.4) is 0 Å². The maximum absolute atomic E-state index is 12.1. The molecule has 0 aromatic heterocycles. The third-order valence-corrected chi connectivity index (χ3v) is 5.01. The molecule has 0 N–H and O–H groups in total. The highest BCUT2D eigenvalue weighted by molar-refractivity contribution is 5.65. The minimum absolute atomic E-state index is 0.439. The van der Waals surface area contributed by atoms with Crippen LogP contribution in [0.1, 0.15) is 102 Å². The number of aryl methyl sites for hydroxylation is 1. The van der Waals surface area contributed by atoms with E-state index >= 15 is 0 Å². The van der Waals surface area contributed by atoms with Gasteiger partial charge in [0.1, 0.15) is 5.75 Å². The summed E-state index contributed by atoms with van der Waals surface area (Å²) in [5, 5.41) is 0. The van der Waals surface area contributed by atoms with E-state index in [-0.39, 0.29) is 0 Å². The van der Waals surface area contributed by atoms with Crippen molar-refractivity contribution in [3.8, 4) is 5.75 Å². The number of unbranched alkanes of at least 4 members (excludes halogenated alkanes) is 5. The van der Waals surface area contributed by atoms with Gasteiger partial charge in [0.25, 0.3) is 0 Å². The second-order valence-corrected chi connectivity index (χ2v) is 7.40. The average Bonchev–Trinajstić information content (AvgIpc) is 2.67. The first-order valence-corrected chi connectivity index (χ1v) is 11.2. The molecule has 0 fully saturated rings. The molecule has 0 saturated carbocycles. The molecule has 3 heteroatoms. The predicted octanol–water partition coefficient (Wildman–Crippen LogP) is 7.42. The second-order valence-electron chi connectivity index (χ2n) is 7.40. The number of hydrogen-bond acceptors (Lipinski definition) is 3. The molecule has 0 amide bonds. The lowest BCUT2D eigenvalue weighted by molar-refractivity contribution is 0.0970. The molecule has 1 aromatic carbocycles. The Morgan fingerprint density at radius 1 is 0.741 bits per heavy atom. The Hall–Kier alpha value is -1.51. The summed E-state index contributed by atoms with van der Waals surface area (Å²) in [6.45, 7) is 9.24. The Balaban J connectivity index is 3.00. The molecule has 3 nitrogen and oxygen atoms in total. The topological polar surface area (TPSA) is 35.5 Å². The summed E-state index contributed by atoms with van der Waals surface area (Å²) in [6, 6.07) is 4.15. The number of carbonyl (C=O) groups excluding carboxylic acids is 1. The van der Waals surface area contributed by atoms with Crippen molar-refractivity contribution in [2.24, 2.45) is 0 Å². The van der Waals surface area contributed by atoms with Gasteiger partial charge in [-0.25, -0.2) is 4.79 Å². The van der Waals surface area contributed by atoms with Crippen LogP contribution < -0.4 is 4.74 Å². The maximum atomic E-state index is 12.1. The Kier molecular flexibility index (Phi) is 12.7. The Morgan fingerprint density at radius 3 is 1.96 bits per heavy atom. The van der Waals surface area contributed by atoms with E-state index in [1.807, 2.05) is 6.07 Å². The minimum atomic E-state index is -0.563. The fraction of sp³-hybridized carbons (Fsp3) is 0.708. The van der Waals surface area contributed by atoms with Gasteiger partial charge in [-0.15, -0.1) is 0 Å². The van der Waals surface area contributed by atoms with E-state index in [1.54, 1.807) is 0 Å². The fourth-order valence-electron chi connectivity index (χ4n) is 3.34. The van der Waals surface area contributed by atoms with Crippen LogP contribution in [-0.2, 0) is 24.0 Å². The Bertz CT molecular complexity index is 537. The maximum Gasteiger partial charge on any atom is 0.513 e. The molecule has 1 aromatic rings. The molecule has 27 heavy (non-hydrogen) atoms. The SMILES string of the molecule is CCCCCOC(=O)Oc1ccc(CCCC)c(CCCC)c1CCCC. The summed E-state index contributed by atoms with van der Waals surface area (Å²) in [5.74, 6) is 0.704. The highest BCUT2D eigenvalue weighted by atomic mass is 16.7. The van der Waals surface area contributed by atoms with Crippen molar-refractivity contribution in [1.29, 1.82) is 0 Å². The first-order chi connectivity index (χ1) is 13.2. The smallest absolute Gasteiger partial charge is 0.434 e. The van der Waals surface area contributed by atoms with E-state index in [1.165, 1.54) is 42.4 Å². The summed E-state index contributed by atoms with van der Waals surface area (Å²) >= 11 is 0. The Labute approximate surface area is 166 Å². The molecule has 0 aliphatic carbocycles. The van der Waals surface area contributed by atoms with Crippen LogP contribution in [0.25, 0.3) is 0 Å². The van der Waals surface area contributed by atoms with Gasteiger partial charge in [0.15, 0.2) is 0 Å². The van der Waals surface area contributed by atoms with Crippen molar-refractivity contribution in [3.05, 3.63) is 28.8 Å². The molecule has 0 radical (unpaired) electrons. The van der Waals surface area contributed by atoms with Crippen LogP contribution >= 0.6 is 0 Å². The van der Waals surface area contributed by atoms with Gasteiger partial charge >= 0.3 is 6.16 Å². The summed E-state index contributed by atoms with van der Waals surface area (Å²) in [6.07, 6.45) is 12.6. The zero-order chi connectivity index (χ0) is 19.9. The normalized spacial score (nSPS) is 10.8. The number of ether oxygens (including phenoxy) is 2. The minimum Gasteiger partial charge on any atom is -0.434 e. The quantitative estimate of drug-likeness (QED) is 0.192. The molecule has 154 valence electrons. The summed E-state index contributed by atoms with van der Waals surface area (Å²) in [5.41, 5.74) is 4.07. The van der Waals surface area contributed by atoms with Crippen molar-refractivity contribution in [2.75, 3.05) is 6.61 Å². The van der Waals surface area contributed by atoms with Crippen LogP contribution in [-0.4, -0.2) is 12.8 Å². The lowest BCUT2D eigenvalue weighted by Gasteiger charge is -2.19. The van der Waals surface area contributed by atoms with Crippen LogP contribution in [0.15, 0.2) is 12.1 Å². The van der Waals surface area contributed by atoms with Gasteiger partial charge in [-0.3, -0.25) is 0 Å². The Morgan fingerprint density at radius 2 is 1.33 bits per heavy atom. The van der Waals surface area contributed by atoms with Gasteiger partial charge in [-0.1, -0.05) is 65.9 Å². The van der Waals surface area contributed by atoms with Gasteiger partial charge in [0, 0.05) is 0 Å². The molecule has 0 bridgehead atoms. The van der Waals surface area contributed by atoms with Crippen molar-refractivity contribution < 1.29 is 14.3 Å². The standard InChI is InChI=1S/C24H40O3/c1-5-9-13-19-26-24(25)27-23-18-17-20(14-10-6-2)21(15-11-7-3)22(23)16-12-8-4/h17-18H,5-16,19H2,1-4H3. The zero-order valence-electron chi connectivity index (χ0n) is 18.1. The van der Waals surface area contributed by atoms with Gasteiger partial charge in [-0.05, 0) is 67.7 Å². The first kappa shape index (κ1) is 23.5. The van der Waals surface area contributed by atoms with Crippen molar-refractivity contribution in [1.82, 2.24) is 0 Å². The third-order valence-electron chi connectivity index (χ3n) is 5.01. The molecule has 1 rings (SSSR count). The van der Waals surface area contributed by atoms with Crippen LogP contribution in [0.4, 0.5) is 4.79 Å². The fourth-order valence-corrected chi connectivity index (χ4v) is 3.34. The molecule has 0 aliphatic rings. The van der Waals surface area contributed by atoms with Gasteiger partial charge in [0.05, 0.1) is 6.61 Å². The second kappa shape index (κ2) is 14.5. The number of rotatable bonds is 14. The monoisotopic (exact) mass is 376 g/mol. The average molecular weight is 377 g/mol. The van der Waals surface area contributed by atoms with E-state index in [9.17, 15) is 4.79 Å². The molecule has 0 spiro atoms. The van der Waals surface area contributed by atoms with Gasteiger partial charge in [0.2, 0.25) is 0 Å². The lowest BCUT2D eigenvalue weighted by Crippen LogP contribution is -2.14. The van der Waals surface area contributed by atoms with Gasteiger partial charge < -0.3 is 9.47 Å². The molecular weight excluding hydrogens is 336 g/mol. The molecule has 0 atom stereocenters. The van der Waals surface area contributed by atoms with E-state index in [4.69, 9.17) is 9.47 Å². The van der Waals surface area contributed by atoms with Gasteiger partial charge in [-0.2, -0.15) is 0 Å².